The number of esters is 2. The third-order valence-electron chi connectivity index (χ3n) is 5.58. The van der Waals surface area contributed by atoms with Gasteiger partial charge in [-0.05, 0) is 19.3 Å². The molecular weight excluding hydrogens is 376 g/mol. The molecule has 0 heterocycles. The van der Waals surface area contributed by atoms with Gasteiger partial charge in [0, 0.05) is 0 Å². The van der Waals surface area contributed by atoms with Gasteiger partial charge in [-0.15, -0.1) is 0 Å². The Labute approximate surface area is 186 Å². The second kappa shape index (κ2) is 22.6. The predicted octanol–water partition coefficient (Wildman–Crippen LogP) is 7.91. The van der Waals surface area contributed by atoms with Crippen LogP contribution in [-0.2, 0) is 19.1 Å². The number of rotatable bonds is 22. The zero-order valence-electron chi connectivity index (χ0n) is 20.4. The maximum Gasteiger partial charge on any atom is 0.306 e. The molecule has 0 saturated carbocycles. The van der Waals surface area contributed by atoms with E-state index in [0.717, 1.165) is 44.9 Å². The number of ether oxygens (including phenoxy) is 2. The number of hydrogen-bond acceptors (Lipinski definition) is 4. The fourth-order valence-electron chi connectivity index (χ4n) is 3.67. The van der Waals surface area contributed by atoms with Crippen LogP contribution >= 0.6 is 0 Å². The van der Waals surface area contributed by atoms with Crippen LogP contribution in [0.25, 0.3) is 0 Å². The minimum Gasteiger partial charge on any atom is -0.466 e. The van der Waals surface area contributed by atoms with Gasteiger partial charge in [-0.25, -0.2) is 0 Å². The lowest BCUT2D eigenvalue weighted by Crippen LogP contribution is -2.19. The molecule has 4 nitrogen and oxygen atoms in total. The molecule has 0 aliphatic carbocycles. The molecule has 30 heavy (non-hydrogen) atoms. The van der Waals surface area contributed by atoms with Gasteiger partial charge in [-0.2, -0.15) is 0 Å². The van der Waals surface area contributed by atoms with Crippen molar-refractivity contribution < 1.29 is 19.1 Å². The van der Waals surface area contributed by atoms with Crippen molar-refractivity contribution in [1.29, 1.82) is 0 Å². The van der Waals surface area contributed by atoms with Gasteiger partial charge in [0.15, 0.2) is 0 Å². The summed E-state index contributed by atoms with van der Waals surface area (Å²) in [4.78, 5) is 23.8. The molecule has 0 amide bonds. The Hall–Kier alpha value is -1.06. The highest BCUT2D eigenvalue weighted by molar-refractivity contribution is 5.77. The Morgan fingerprint density at radius 2 is 1.07 bits per heavy atom. The largest absolute Gasteiger partial charge is 0.466 e. The van der Waals surface area contributed by atoms with Gasteiger partial charge in [-0.3, -0.25) is 9.59 Å². The summed E-state index contributed by atoms with van der Waals surface area (Å²) >= 11 is 0. The highest BCUT2D eigenvalue weighted by atomic mass is 16.5. The Morgan fingerprint density at radius 1 is 0.567 bits per heavy atom. The minimum atomic E-state index is -0.282. The molecule has 1 atom stereocenters. The molecular formula is C26H50O4. The Bertz CT molecular complexity index is 394. The van der Waals surface area contributed by atoms with Gasteiger partial charge in [0.2, 0.25) is 0 Å². The van der Waals surface area contributed by atoms with Gasteiger partial charge in [0.1, 0.15) is 6.10 Å². The monoisotopic (exact) mass is 426 g/mol. The van der Waals surface area contributed by atoms with Crippen LogP contribution < -0.4 is 0 Å². The zero-order valence-corrected chi connectivity index (χ0v) is 20.4. The predicted molar refractivity (Wildman–Crippen MR) is 126 cm³/mol. The van der Waals surface area contributed by atoms with E-state index in [1.807, 2.05) is 0 Å². The van der Waals surface area contributed by atoms with Crippen molar-refractivity contribution in [3.63, 3.8) is 0 Å². The first-order valence-electron chi connectivity index (χ1n) is 13.0. The van der Waals surface area contributed by atoms with Crippen molar-refractivity contribution in [2.24, 2.45) is 0 Å². The van der Waals surface area contributed by atoms with E-state index in [-0.39, 0.29) is 30.9 Å². The molecule has 1 unspecified atom stereocenters. The number of carbonyl (C=O) groups excluding carboxylic acids is 2. The van der Waals surface area contributed by atoms with Crippen LogP contribution in [0.15, 0.2) is 0 Å². The second-order valence-electron chi connectivity index (χ2n) is 8.65. The molecule has 0 aromatic carbocycles. The summed E-state index contributed by atoms with van der Waals surface area (Å²) in [6.07, 6.45) is 20.7. The van der Waals surface area contributed by atoms with Crippen LogP contribution in [0.5, 0.6) is 0 Å². The lowest BCUT2D eigenvalue weighted by atomic mass is 10.1. The van der Waals surface area contributed by atoms with Crippen LogP contribution in [-0.4, -0.2) is 24.6 Å². The van der Waals surface area contributed by atoms with Crippen molar-refractivity contribution in [2.75, 3.05) is 6.61 Å². The number of unbranched alkanes of at least 4 members (excludes halogenated alkanes) is 12. The zero-order chi connectivity index (χ0) is 22.3. The van der Waals surface area contributed by atoms with Gasteiger partial charge in [-0.1, -0.05) is 111 Å². The average Bonchev–Trinajstić information content (AvgIpc) is 2.74. The summed E-state index contributed by atoms with van der Waals surface area (Å²) in [7, 11) is 0. The lowest BCUT2D eigenvalue weighted by molar-refractivity contribution is -0.154. The van der Waals surface area contributed by atoms with Crippen molar-refractivity contribution in [2.45, 2.75) is 149 Å². The quantitative estimate of drug-likeness (QED) is 0.130. The molecule has 0 fully saturated rings. The molecule has 0 aromatic heterocycles. The molecule has 0 aliphatic heterocycles. The highest BCUT2D eigenvalue weighted by Crippen LogP contribution is 2.13. The van der Waals surface area contributed by atoms with Crippen molar-refractivity contribution in [3.05, 3.63) is 0 Å². The van der Waals surface area contributed by atoms with Crippen LogP contribution in [0.1, 0.15) is 143 Å². The van der Waals surface area contributed by atoms with E-state index in [2.05, 4.69) is 20.8 Å². The molecule has 0 bridgehead atoms. The van der Waals surface area contributed by atoms with Gasteiger partial charge in [0.25, 0.3) is 0 Å². The molecule has 0 saturated heterocycles. The molecule has 178 valence electrons. The van der Waals surface area contributed by atoms with Crippen molar-refractivity contribution in [1.82, 2.24) is 0 Å². The summed E-state index contributed by atoms with van der Waals surface area (Å²) in [6, 6.07) is 0. The molecule has 0 aliphatic rings. The minimum absolute atomic E-state index is 0.000437. The van der Waals surface area contributed by atoms with Gasteiger partial charge < -0.3 is 9.47 Å². The SMILES string of the molecule is CCCCCCCCCCCCCCOC(=O)CCC(=O)OC(CCC)CCCC. The van der Waals surface area contributed by atoms with Crippen LogP contribution in [0.2, 0.25) is 0 Å². The van der Waals surface area contributed by atoms with Gasteiger partial charge in [0.05, 0.1) is 19.4 Å². The van der Waals surface area contributed by atoms with Crippen LogP contribution in [0.4, 0.5) is 0 Å². The van der Waals surface area contributed by atoms with Crippen LogP contribution in [0, 0.1) is 0 Å². The molecule has 4 heteroatoms. The first kappa shape index (κ1) is 28.9. The smallest absolute Gasteiger partial charge is 0.306 e. The molecule has 0 spiro atoms. The summed E-state index contributed by atoms with van der Waals surface area (Å²) in [6.45, 7) is 6.97. The Morgan fingerprint density at radius 3 is 1.60 bits per heavy atom. The molecule has 0 N–H and O–H groups in total. The Balaban J connectivity index is 3.51. The molecule has 0 aromatic rings. The fraction of sp³-hybridized carbons (Fsp3) is 0.923. The maximum atomic E-state index is 12.0. The average molecular weight is 427 g/mol. The molecule has 0 rings (SSSR count). The Kier molecular flexibility index (Phi) is 21.8. The fourth-order valence-corrected chi connectivity index (χ4v) is 3.67. The lowest BCUT2D eigenvalue weighted by Gasteiger charge is -2.16. The summed E-state index contributed by atoms with van der Waals surface area (Å²) in [5.74, 6) is -0.553. The third-order valence-corrected chi connectivity index (χ3v) is 5.58. The summed E-state index contributed by atoms with van der Waals surface area (Å²) in [5.41, 5.74) is 0. The summed E-state index contributed by atoms with van der Waals surface area (Å²) < 4.78 is 10.8. The van der Waals surface area contributed by atoms with E-state index in [0.29, 0.717) is 6.61 Å². The first-order valence-corrected chi connectivity index (χ1v) is 13.0. The third kappa shape index (κ3) is 20.2. The van der Waals surface area contributed by atoms with E-state index in [1.165, 1.54) is 64.2 Å². The van der Waals surface area contributed by atoms with E-state index >= 15 is 0 Å². The van der Waals surface area contributed by atoms with Crippen molar-refractivity contribution in [3.8, 4) is 0 Å². The highest BCUT2D eigenvalue weighted by Gasteiger charge is 2.15. The van der Waals surface area contributed by atoms with E-state index in [9.17, 15) is 9.59 Å². The van der Waals surface area contributed by atoms with E-state index in [4.69, 9.17) is 9.47 Å². The number of hydrogen-bond donors (Lipinski definition) is 0. The standard InChI is InChI=1S/C26H50O4/c1-4-7-9-10-11-12-13-14-15-16-17-18-23-29-25(27)21-22-26(28)30-24(19-6-3)20-8-5-2/h24H,4-23H2,1-3H3. The topological polar surface area (TPSA) is 52.6 Å². The molecule has 0 radical (unpaired) electrons. The van der Waals surface area contributed by atoms with Crippen LogP contribution in [0.3, 0.4) is 0 Å². The number of carbonyl (C=O) groups is 2. The normalized spacial score (nSPS) is 12.0. The second-order valence-corrected chi connectivity index (χ2v) is 8.65. The van der Waals surface area contributed by atoms with E-state index < -0.39 is 0 Å². The first-order chi connectivity index (χ1) is 14.6. The van der Waals surface area contributed by atoms with E-state index in [1.54, 1.807) is 0 Å². The summed E-state index contributed by atoms with van der Waals surface area (Å²) in [5, 5.41) is 0. The maximum absolute atomic E-state index is 12.0. The van der Waals surface area contributed by atoms with Crippen molar-refractivity contribution >= 4 is 11.9 Å². The van der Waals surface area contributed by atoms with Gasteiger partial charge >= 0.3 is 11.9 Å².